The van der Waals surface area contributed by atoms with Gasteiger partial charge in [0.05, 0.1) is 11.6 Å². The van der Waals surface area contributed by atoms with E-state index in [1.54, 1.807) is 30.3 Å². The number of benzene rings is 2. The van der Waals surface area contributed by atoms with Crippen LogP contribution in [0.3, 0.4) is 0 Å². The third kappa shape index (κ3) is 2.99. The van der Waals surface area contributed by atoms with Gasteiger partial charge in [-0.2, -0.15) is 5.26 Å². The molecule has 0 saturated carbocycles. The van der Waals surface area contributed by atoms with Gasteiger partial charge >= 0.3 is 0 Å². The first kappa shape index (κ1) is 12.8. The van der Waals surface area contributed by atoms with Gasteiger partial charge in [0.15, 0.2) is 17.4 Å². The van der Waals surface area contributed by atoms with Gasteiger partial charge in [-0.15, -0.1) is 0 Å². The average molecular weight is 260 g/mol. The first-order valence-electron chi connectivity index (χ1n) is 5.46. The Hall–Kier alpha value is -2.61. The number of nitriles is 1. The molecule has 19 heavy (non-hydrogen) atoms. The van der Waals surface area contributed by atoms with Crippen LogP contribution in [0.2, 0.25) is 0 Å². The third-order valence-electron chi connectivity index (χ3n) is 2.49. The minimum absolute atomic E-state index is 0.0139. The molecule has 0 aliphatic heterocycles. The Morgan fingerprint density at radius 3 is 2.21 bits per heavy atom. The summed E-state index contributed by atoms with van der Waals surface area (Å²) in [5.74, 6) is -2.28. The molecule has 0 atom stereocenters. The van der Waals surface area contributed by atoms with Crippen molar-refractivity contribution in [3.63, 3.8) is 0 Å². The van der Waals surface area contributed by atoms with Gasteiger partial charge in [0.2, 0.25) is 0 Å². The summed E-state index contributed by atoms with van der Waals surface area (Å²) in [6, 6.07) is 10.3. The predicted molar refractivity (Wildman–Crippen MR) is 66.3 cm³/mol. The van der Waals surface area contributed by atoms with Crippen LogP contribution < -0.4 is 10.5 Å². The molecule has 0 unspecified atom stereocenters. The smallest absolute Gasteiger partial charge is 0.191 e. The Labute approximate surface area is 108 Å². The normalized spacial score (nSPS) is 9.95. The van der Waals surface area contributed by atoms with E-state index >= 15 is 0 Å². The number of hydrogen-bond donors (Lipinski definition) is 1. The number of ether oxygens (including phenoxy) is 1. The van der Waals surface area contributed by atoms with E-state index in [9.17, 15) is 8.78 Å². The predicted octanol–water partition coefficient (Wildman–Crippen LogP) is 3.00. The minimum Gasteiger partial charge on any atom is -0.483 e. The lowest BCUT2D eigenvalue weighted by molar-refractivity contribution is 0.274. The van der Waals surface area contributed by atoms with Crippen molar-refractivity contribution in [3.8, 4) is 11.8 Å². The summed E-state index contributed by atoms with van der Waals surface area (Å²) >= 11 is 0. The lowest BCUT2D eigenvalue weighted by atomic mass is 10.2. The van der Waals surface area contributed by atoms with Crippen molar-refractivity contribution in [1.29, 1.82) is 5.26 Å². The average Bonchev–Trinajstić information content (AvgIpc) is 2.39. The summed E-state index contributed by atoms with van der Waals surface area (Å²) in [6.07, 6.45) is 0. The lowest BCUT2D eigenvalue weighted by Crippen LogP contribution is -2.00. The van der Waals surface area contributed by atoms with Crippen molar-refractivity contribution in [2.24, 2.45) is 0 Å². The molecule has 0 saturated heterocycles. The number of rotatable bonds is 3. The van der Waals surface area contributed by atoms with E-state index in [2.05, 4.69) is 0 Å². The number of nitrogen functional groups attached to an aromatic ring is 1. The lowest BCUT2D eigenvalue weighted by Gasteiger charge is -2.08. The Kier molecular flexibility index (Phi) is 3.62. The zero-order valence-electron chi connectivity index (χ0n) is 9.86. The molecule has 0 spiro atoms. The molecule has 0 heterocycles. The van der Waals surface area contributed by atoms with Gasteiger partial charge in [-0.3, -0.25) is 0 Å². The molecule has 2 aromatic rings. The van der Waals surface area contributed by atoms with Crippen molar-refractivity contribution in [3.05, 3.63) is 59.2 Å². The van der Waals surface area contributed by atoms with Crippen molar-refractivity contribution in [2.75, 3.05) is 5.73 Å². The number of halogens is 2. The summed E-state index contributed by atoms with van der Waals surface area (Å²) in [6.45, 7) is 0.0139. The topological polar surface area (TPSA) is 59.0 Å². The van der Waals surface area contributed by atoms with Gasteiger partial charge in [-0.25, -0.2) is 8.78 Å². The number of nitrogens with two attached hydrogens (primary N) is 1. The highest BCUT2D eigenvalue weighted by Gasteiger charge is 2.12. The summed E-state index contributed by atoms with van der Waals surface area (Å²) in [7, 11) is 0. The van der Waals surface area contributed by atoms with Crippen LogP contribution in [0, 0.1) is 23.0 Å². The van der Waals surface area contributed by atoms with Crippen molar-refractivity contribution < 1.29 is 13.5 Å². The van der Waals surface area contributed by atoms with Crippen LogP contribution in [-0.2, 0) is 6.61 Å². The van der Waals surface area contributed by atoms with Crippen LogP contribution in [0.5, 0.6) is 5.75 Å². The minimum atomic E-state index is -0.896. The van der Waals surface area contributed by atoms with E-state index in [1.807, 2.05) is 0 Å². The van der Waals surface area contributed by atoms with E-state index in [1.165, 1.54) is 0 Å². The molecule has 0 aliphatic rings. The molecule has 0 aliphatic carbocycles. The van der Waals surface area contributed by atoms with Crippen LogP contribution in [0.1, 0.15) is 11.1 Å². The summed E-state index contributed by atoms with van der Waals surface area (Å²) in [5, 5.41) is 8.58. The molecule has 2 rings (SSSR count). The Balaban J connectivity index is 2.16. The van der Waals surface area contributed by atoms with Gasteiger partial charge in [0, 0.05) is 5.69 Å². The van der Waals surface area contributed by atoms with Gasteiger partial charge in [-0.05, 0) is 29.8 Å². The van der Waals surface area contributed by atoms with E-state index in [4.69, 9.17) is 15.7 Å². The fourth-order valence-electron chi connectivity index (χ4n) is 1.53. The number of hydrogen-bond acceptors (Lipinski definition) is 3. The van der Waals surface area contributed by atoms with E-state index in [-0.39, 0.29) is 12.2 Å². The summed E-state index contributed by atoms with van der Waals surface area (Å²) < 4.78 is 32.2. The van der Waals surface area contributed by atoms with Crippen molar-refractivity contribution in [1.82, 2.24) is 0 Å². The standard InChI is InChI=1S/C14H10F2N2O/c15-12-5-10(7-17)6-13(16)14(12)19-8-9-1-3-11(18)4-2-9/h1-6H,8,18H2. The summed E-state index contributed by atoms with van der Waals surface area (Å²) in [4.78, 5) is 0. The van der Waals surface area contributed by atoms with Crippen LogP contribution in [0.4, 0.5) is 14.5 Å². The molecule has 96 valence electrons. The number of nitrogens with zero attached hydrogens (tertiary/aromatic N) is 1. The zero-order valence-corrected chi connectivity index (χ0v) is 9.86. The highest BCUT2D eigenvalue weighted by molar-refractivity contribution is 5.40. The maximum atomic E-state index is 13.5. The maximum absolute atomic E-state index is 13.5. The number of anilines is 1. The van der Waals surface area contributed by atoms with E-state index < -0.39 is 17.4 Å². The third-order valence-corrected chi connectivity index (χ3v) is 2.49. The summed E-state index contributed by atoms with van der Waals surface area (Å²) in [5.41, 5.74) is 6.76. The molecular formula is C14H10F2N2O. The molecule has 0 fully saturated rings. The highest BCUT2D eigenvalue weighted by Crippen LogP contribution is 2.24. The Morgan fingerprint density at radius 2 is 1.68 bits per heavy atom. The monoisotopic (exact) mass is 260 g/mol. The van der Waals surface area contributed by atoms with Gasteiger partial charge in [0.1, 0.15) is 6.61 Å². The van der Waals surface area contributed by atoms with Crippen LogP contribution in [0.15, 0.2) is 36.4 Å². The second-order valence-corrected chi connectivity index (χ2v) is 3.91. The van der Waals surface area contributed by atoms with Crippen LogP contribution in [0.25, 0.3) is 0 Å². The van der Waals surface area contributed by atoms with Gasteiger partial charge in [0.25, 0.3) is 0 Å². The van der Waals surface area contributed by atoms with Crippen LogP contribution >= 0.6 is 0 Å². The van der Waals surface area contributed by atoms with E-state index in [0.717, 1.165) is 17.7 Å². The Bertz CT molecular complexity index is 610. The first-order chi connectivity index (χ1) is 9.10. The molecule has 0 radical (unpaired) electrons. The molecule has 2 N–H and O–H groups in total. The molecule has 5 heteroatoms. The second kappa shape index (κ2) is 5.36. The molecular weight excluding hydrogens is 250 g/mol. The van der Waals surface area contributed by atoms with Gasteiger partial charge in [-0.1, -0.05) is 12.1 Å². The van der Waals surface area contributed by atoms with E-state index in [0.29, 0.717) is 5.69 Å². The molecule has 3 nitrogen and oxygen atoms in total. The highest BCUT2D eigenvalue weighted by atomic mass is 19.1. The SMILES string of the molecule is N#Cc1cc(F)c(OCc2ccc(N)cc2)c(F)c1. The largest absolute Gasteiger partial charge is 0.483 e. The quantitative estimate of drug-likeness (QED) is 0.863. The van der Waals surface area contributed by atoms with Crippen LogP contribution in [-0.4, -0.2) is 0 Å². The fourth-order valence-corrected chi connectivity index (χ4v) is 1.53. The maximum Gasteiger partial charge on any atom is 0.191 e. The molecule has 0 bridgehead atoms. The second-order valence-electron chi connectivity index (χ2n) is 3.91. The Morgan fingerprint density at radius 1 is 1.11 bits per heavy atom. The molecule has 0 amide bonds. The fraction of sp³-hybridized carbons (Fsp3) is 0.0714. The van der Waals surface area contributed by atoms with Crippen molar-refractivity contribution >= 4 is 5.69 Å². The molecule has 2 aromatic carbocycles. The zero-order chi connectivity index (χ0) is 13.8. The first-order valence-corrected chi connectivity index (χ1v) is 5.46. The van der Waals surface area contributed by atoms with Crippen molar-refractivity contribution in [2.45, 2.75) is 6.61 Å². The van der Waals surface area contributed by atoms with Gasteiger partial charge < -0.3 is 10.5 Å². The molecule has 0 aromatic heterocycles.